The predicted octanol–water partition coefficient (Wildman–Crippen LogP) is 3.29. The van der Waals surface area contributed by atoms with E-state index in [2.05, 4.69) is 52.5 Å². The van der Waals surface area contributed by atoms with Crippen molar-refractivity contribution in [3.8, 4) is 0 Å². The van der Waals surface area contributed by atoms with Gasteiger partial charge >= 0.3 is 0 Å². The summed E-state index contributed by atoms with van der Waals surface area (Å²) in [4.78, 5) is 30.6. The van der Waals surface area contributed by atoms with Crippen molar-refractivity contribution in [2.24, 2.45) is 5.73 Å². The van der Waals surface area contributed by atoms with Crippen LogP contribution in [0.5, 0.6) is 0 Å². The maximum Gasteiger partial charge on any atom is 0.231 e. The van der Waals surface area contributed by atoms with E-state index in [9.17, 15) is 4.79 Å². The van der Waals surface area contributed by atoms with Gasteiger partial charge in [-0.15, -0.1) is 0 Å². The quantitative estimate of drug-likeness (QED) is 0.301. The number of aromatic amines is 2. The fourth-order valence-electron chi connectivity index (χ4n) is 4.60. The van der Waals surface area contributed by atoms with Crippen molar-refractivity contribution in [3.05, 3.63) is 78.6 Å². The fourth-order valence-corrected chi connectivity index (χ4v) is 4.60. The van der Waals surface area contributed by atoms with Crippen LogP contribution in [-0.2, 0) is 4.79 Å². The first-order valence-electron chi connectivity index (χ1n) is 11.3. The molecule has 0 saturated heterocycles. The number of carbonyl (C=O) groups is 1. The molecule has 5 aromatic rings. The van der Waals surface area contributed by atoms with Crippen molar-refractivity contribution in [2.75, 3.05) is 18.4 Å². The van der Waals surface area contributed by atoms with E-state index in [1.54, 1.807) is 18.7 Å². The molecule has 1 atom stereocenters. The lowest BCUT2D eigenvalue weighted by molar-refractivity contribution is -0.119. The molecule has 35 heavy (non-hydrogen) atoms. The van der Waals surface area contributed by atoms with E-state index in [0.717, 1.165) is 44.6 Å². The Hall–Kier alpha value is -4.57. The molecular weight excluding hydrogens is 442 g/mol. The Balaban J connectivity index is 1.32. The number of primary amides is 1. The number of fused-ring (bicyclic) bond motifs is 2. The van der Waals surface area contributed by atoms with Gasteiger partial charge in [-0.05, 0) is 48.4 Å². The van der Waals surface area contributed by atoms with Crippen molar-refractivity contribution >= 4 is 44.9 Å². The lowest BCUT2D eigenvalue weighted by Crippen LogP contribution is -2.39. The van der Waals surface area contributed by atoms with Crippen LogP contribution in [0.15, 0.2) is 67.3 Å². The van der Waals surface area contributed by atoms with E-state index in [1.807, 2.05) is 36.4 Å². The average Bonchev–Trinajstić information content (AvgIpc) is 3.52. The maximum absolute atomic E-state index is 11.7. The van der Waals surface area contributed by atoms with Crippen LogP contribution in [0.2, 0.25) is 0 Å². The molecule has 10 nitrogen and oxygen atoms in total. The van der Waals surface area contributed by atoms with E-state index < -0.39 is 0 Å². The molecular formula is C25H23N9O. The zero-order valence-electron chi connectivity index (χ0n) is 18.8. The van der Waals surface area contributed by atoms with Gasteiger partial charge in [0.05, 0.1) is 35.4 Å². The second kappa shape index (κ2) is 8.65. The van der Waals surface area contributed by atoms with Gasteiger partial charge < -0.3 is 16.0 Å². The highest BCUT2D eigenvalue weighted by atomic mass is 16.1. The lowest BCUT2D eigenvalue weighted by Gasteiger charge is -2.33. The summed E-state index contributed by atoms with van der Waals surface area (Å²) in [5, 5.41) is 12.4. The van der Waals surface area contributed by atoms with Crippen molar-refractivity contribution in [1.29, 1.82) is 0 Å². The van der Waals surface area contributed by atoms with Crippen LogP contribution in [0, 0.1) is 0 Å². The smallest absolute Gasteiger partial charge is 0.231 e. The monoisotopic (exact) mass is 465 g/mol. The Bertz CT molecular complexity index is 1550. The molecule has 1 aromatic carbocycles. The van der Waals surface area contributed by atoms with Gasteiger partial charge in [-0.3, -0.25) is 19.8 Å². The molecule has 0 saturated carbocycles. The number of nitrogens with one attached hydrogen (secondary N) is 3. The molecule has 174 valence electrons. The van der Waals surface area contributed by atoms with Crippen LogP contribution >= 0.6 is 0 Å². The number of nitrogens with two attached hydrogens (primary N) is 1. The van der Waals surface area contributed by atoms with Crippen LogP contribution in [0.4, 0.5) is 11.5 Å². The Morgan fingerprint density at radius 1 is 1.17 bits per heavy atom. The summed E-state index contributed by atoms with van der Waals surface area (Å²) in [6.45, 7) is 0.772. The summed E-state index contributed by atoms with van der Waals surface area (Å²) in [6, 6.07) is 13.8. The number of hydrogen-bond donors (Lipinski definition) is 4. The molecule has 0 fully saturated rings. The van der Waals surface area contributed by atoms with E-state index >= 15 is 0 Å². The summed E-state index contributed by atoms with van der Waals surface area (Å²) < 4.78 is 0. The number of benzene rings is 1. The lowest BCUT2D eigenvalue weighted by atomic mass is 9.95. The molecule has 1 unspecified atom stereocenters. The average molecular weight is 466 g/mol. The number of H-pyrrole nitrogens is 2. The third kappa shape index (κ3) is 4.11. The third-order valence-electron chi connectivity index (χ3n) is 6.29. The number of hydrogen-bond acceptors (Lipinski definition) is 7. The molecule has 4 aromatic heterocycles. The molecule has 10 heteroatoms. The largest absolute Gasteiger partial charge is 0.369 e. The first-order valence-corrected chi connectivity index (χ1v) is 11.3. The van der Waals surface area contributed by atoms with E-state index in [1.165, 1.54) is 0 Å². The van der Waals surface area contributed by atoms with E-state index in [-0.39, 0.29) is 18.5 Å². The maximum atomic E-state index is 11.7. The normalized spacial score (nSPS) is 16.5. The number of carbonyl (C=O) groups excluding carboxylic acids is 1. The summed E-state index contributed by atoms with van der Waals surface area (Å²) >= 11 is 0. The van der Waals surface area contributed by atoms with Gasteiger partial charge in [0.15, 0.2) is 0 Å². The van der Waals surface area contributed by atoms with Gasteiger partial charge in [-0.25, -0.2) is 9.97 Å². The number of amides is 1. The van der Waals surface area contributed by atoms with Gasteiger partial charge in [0, 0.05) is 29.5 Å². The van der Waals surface area contributed by atoms with Gasteiger partial charge in [-0.1, -0.05) is 12.1 Å². The second-order valence-corrected chi connectivity index (χ2v) is 8.56. The molecule has 0 spiro atoms. The van der Waals surface area contributed by atoms with Crippen molar-refractivity contribution in [1.82, 2.24) is 35.0 Å². The Labute approximate surface area is 200 Å². The third-order valence-corrected chi connectivity index (χ3v) is 6.29. The Kier molecular flexibility index (Phi) is 5.19. The van der Waals surface area contributed by atoms with Crippen LogP contribution in [0.1, 0.15) is 23.9 Å². The van der Waals surface area contributed by atoms with Gasteiger partial charge in [-0.2, -0.15) is 5.10 Å². The standard InChI is InChI=1S/C25H23N9O/c26-23(35)13-34-8-6-15(10-22(34)20-3-1-2-7-27-20)21-11-18-24(28-14-29-25(18)32-21)31-17-4-5-19-16(9-17)12-30-33-19/h1-7,9,11-12,14,22H,8,10,13H2,(H2,26,35)(H,30,33)(H2,28,29,31,32). The summed E-state index contributed by atoms with van der Waals surface area (Å²) in [5.41, 5.74) is 11.2. The first-order chi connectivity index (χ1) is 17.1. The summed E-state index contributed by atoms with van der Waals surface area (Å²) in [7, 11) is 0. The molecule has 1 aliphatic heterocycles. The van der Waals surface area contributed by atoms with E-state index in [0.29, 0.717) is 18.8 Å². The zero-order chi connectivity index (χ0) is 23.8. The highest BCUT2D eigenvalue weighted by Crippen LogP contribution is 2.36. The number of nitrogens with zero attached hydrogens (tertiary/aromatic N) is 5. The van der Waals surface area contributed by atoms with Gasteiger partial charge in [0.2, 0.25) is 5.91 Å². The van der Waals surface area contributed by atoms with Gasteiger partial charge in [0.25, 0.3) is 0 Å². The van der Waals surface area contributed by atoms with Crippen LogP contribution in [-0.4, -0.2) is 54.0 Å². The molecule has 0 aliphatic carbocycles. The molecule has 1 amide bonds. The molecule has 5 N–H and O–H groups in total. The van der Waals surface area contributed by atoms with Crippen molar-refractivity contribution in [3.63, 3.8) is 0 Å². The van der Waals surface area contributed by atoms with E-state index in [4.69, 9.17) is 5.73 Å². The Morgan fingerprint density at radius 2 is 2.11 bits per heavy atom. The topological polar surface area (TPSA) is 142 Å². The van der Waals surface area contributed by atoms with Crippen LogP contribution in [0.25, 0.3) is 27.5 Å². The van der Waals surface area contributed by atoms with Crippen LogP contribution in [0.3, 0.4) is 0 Å². The van der Waals surface area contributed by atoms with Crippen LogP contribution < -0.4 is 11.1 Å². The second-order valence-electron chi connectivity index (χ2n) is 8.56. The zero-order valence-corrected chi connectivity index (χ0v) is 18.8. The van der Waals surface area contributed by atoms with Gasteiger partial charge in [0.1, 0.15) is 17.8 Å². The first kappa shape index (κ1) is 21.0. The fraction of sp³-hybridized carbons (Fsp3) is 0.160. The number of pyridine rings is 1. The molecule has 0 radical (unpaired) electrons. The summed E-state index contributed by atoms with van der Waals surface area (Å²) in [5.74, 6) is 0.362. The molecule has 6 rings (SSSR count). The SMILES string of the molecule is NC(=O)CN1CC=C(c2cc3c(Nc4ccc5[nH]ncc5c4)ncnc3[nH]2)CC1c1ccccn1. The number of anilines is 2. The molecule has 5 heterocycles. The number of aromatic nitrogens is 6. The molecule has 1 aliphatic rings. The number of rotatable bonds is 6. The minimum Gasteiger partial charge on any atom is -0.369 e. The molecule has 0 bridgehead atoms. The predicted molar refractivity (Wildman–Crippen MR) is 134 cm³/mol. The van der Waals surface area contributed by atoms with Crippen molar-refractivity contribution < 1.29 is 4.79 Å². The highest BCUT2D eigenvalue weighted by molar-refractivity contribution is 5.93. The summed E-state index contributed by atoms with van der Waals surface area (Å²) in [6.07, 6.45) is 7.92. The Morgan fingerprint density at radius 3 is 2.97 bits per heavy atom. The highest BCUT2D eigenvalue weighted by Gasteiger charge is 2.28. The minimum atomic E-state index is -0.354. The van der Waals surface area contributed by atoms with Crippen molar-refractivity contribution in [2.45, 2.75) is 12.5 Å². The minimum absolute atomic E-state index is 0.0551.